The zero-order valence-corrected chi connectivity index (χ0v) is 11.4. The van der Waals surface area contributed by atoms with Crippen molar-refractivity contribution < 1.29 is 0 Å². The van der Waals surface area contributed by atoms with E-state index in [4.69, 9.17) is 0 Å². The van der Waals surface area contributed by atoms with Gasteiger partial charge in [0.05, 0.1) is 5.69 Å². The lowest BCUT2D eigenvalue weighted by atomic mass is 9.80. The first-order chi connectivity index (χ1) is 7.95. The van der Waals surface area contributed by atoms with Crippen molar-refractivity contribution in [3.05, 3.63) is 23.8 Å². The van der Waals surface area contributed by atoms with E-state index in [2.05, 4.69) is 55.1 Å². The summed E-state index contributed by atoms with van der Waals surface area (Å²) in [5, 5.41) is 7.96. The maximum atomic E-state index is 4.12. The minimum atomic E-state index is 0.222. The van der Waals surface area contributed by atoms with Gasteiger partial charge in [0, 0.05) is 25.3 Å². The van der Waals surface area contributed by atoms with E-state index in [1.165, 1.54) is 17.7 Å². The molecule has 0 saturated heterocycles. The van der Waals surface area contributed by atoms with Crippen LogP contribution in [0, 0.1) is 0 Å². The number of hydrogen-bond acceptors (Lipinski definition) is 3. The Kier molecular flexibility index (Phi) is 2.94. The Labute approximate surface area is 104 Å². The number of anilines is 1. The minimum Gasteiger partial charge on any atom is -0.369 e. The van der Waals surface area contributed by atoms with Gasteiger partial charge in [-0.15, -0.1) is 0 Å². The molecular formula is C14H21N3. The maximum absolute atomic E-state index is 4.12. The number of nitrogens with zero attached hydrogens (tertiary/aromatic N) is 3. The van der Waals surface area contributed by atoms with E-state index >= 15 is 0 Å². The van der Waals surface area contributed by atoms with E-state index in [0.717, 1.165) is 5.69 Å². The normalized spacial score (nSPS) is 22.9. The molecule has 92 valence electrons. The lowest BCUT2D eigenvalue weighted by Gasteiger charge is -2.45. The van der Waals surface area contributed by atoms with Crippen LogP contribution in [0.1, 0.15) is 38.7 Å². The zero-order chi connectivity index (χ0) is 12.6. The summed E-state index contributed by atoms with van der Waals surface area (Å²) in [7, 11) is 3.88. The van der Waals surface area contributed by atoms with Crippen LogP contribution in [-0.2, 0) is 0 Å². The van der Waals surface area contributed by atoms with Crippen LogP contribution in [0.4, 0.5) is 11.4 Å². The van der Waals surface area contributed by atoms with Crippen molar-refractivity contribution in [3.8, 4) is 0 Å². The van der Waals surface area contributed by atoms with Crippen molar-refractivity contribution in [2.24, 2.45) is 10.2 Å². The van der Waals surface area contributed by atoms with Gasteiger partial charge in [-0.3, -0.25) is 0 Å². The highest BCUT2D eigenvalue weighted by atomic mass is 15.2. The SMILES string of the molecule is CN=Nc1ccc2c(c1)C(C)CC(C)(C)N2C. The molecule has 0 aromatic heterocycles. The van der Waals surface area contributed by atoms with E-state index in [9.17, 15) is 0 Å². The van der Waals surface area contributed by atoms with Gasteiger partial charge in [-0.25, -0.2) is 0 Å². The van der Waals surface area contributed by atoms with Gasteiger partial charge in [-0.2, -0.15) is 10.2 Å². The fraction of sp³-hybridized carbons (Fsp3) is 0.571. The highest BCUT2D eigenvalue weighted by Crippen LogP contribution is 2.43. The summed E-state index contributed by atoms with van der Waals surface area (Å²) in [5.74, 6) is 0.572. The minimum absolute atomic E-state index is 0.222. The van der Waals surface area contributed by atoms with E-state index in [1.807, 2.05) is 6.07 Å². The smallest absolute Gasteiger partial charge is 0.0856 e. The van der Waals surface area contributed by atoms with Gasteiger partial charge in [-0.05, 0) is 49.9 Å². The van der Waals surface area contributed by atoms with Gasteiger partial charge in [-0.1, -0.05) is 6.92 Å². The highest BCUT2D eigenvalue weighted by Gasteiger charge is 2.33. The predicted octanol–water partition coefficient (Wildman–Crippen LogP) is 4.12. The van der Waals surface area contributed by atoms with Crippen LogP contribution in [0.2, 0.25) is 0 Å². The molecule has 0 saturated carbocycles. The first-order valence-corrected chi connectivity index (χ1v) is 6.13. The lowest BCUT2D eigenvalue weighted by Crippen LogP contribution is -2.45. The average molecular weight is 231 g/mol. The molecule has 3 heteroatoms. The van der Waals surface area contributed by atoms with Crippen LogP contribution in [0.3, 0.4) is 0 Å². The van der Waals surface area contributed by atoms with Gasteiger partial charge >= 0.3 is 0 Å². The molecule has 2 rings (SSSR count). The summed E-state index contributed by atoms with van der Waals surface area (Å²) >= 11 is 0. The summed E-state index contributed by atoms with van der Waals surface area (Å²) in [6.07, 6.45) is 1.17. The molecule has 1 aliphatic heterocycles. The zero-order valence-electron chi connectivity index (χ0n) is 11.4. The third kappa shape index (κ3) is 2.06. The van der Waals surface area contributed by atoms with Crippen LogP contribution < -0.4 is 4.90 Å². The quantitative estimate of drug-likeness (QED) is 0.668. The molecule has 0 aliphatic carbocycles. The molecule has 0 amide bonds. The number of azo groups is 1. The third-order valence-corrected chi connectivity index (χ3v) is 3.83. The molecule has 1 heterocycles. The number of rotatable bonds is 1. The van der Waals surface area contributed by atoms with Gasteiger partial charge in [0.15, 0.2) is 0 Å². The molecule has 1 aromatic carbocycles. The van der Waals surface area contributed by atoms with Crippen LogP contribution in [0.25, 0.3) is 0 Å². The van der Waals surface area contributed by atoms with E-state index in [-0.39, 0.29) is 5.54 Å². The van der Waals surface area contributed by atoms with Crippen LogP contribution in [0.15, 0.2) is 28.4 Å². The molecule has 0 N–H and O–H groups in total. The summed E-state index contributed by atoms with van der Waals surface area (Å²) in [6, 6.07) is 6.37. The first-order valence-electron chi connectivity index (χ1n) is 6.13. The highest BCUT2D eigenvalue weighted by molar-refractivity contribution is 5.63. The Morgan fingerprint density at radius 1 is 1.35 bits per heavy atom. The second kappa shape index (κ2) is 4.13. The molecule has 17 heavy (non-hydrogen) atoms. The first kappa shape index (κ1) is 12.1. The standard InChI is InChI=1S/C14H21N3/c1-10-9-14(2,3)17(5)13-7-6-11(16-15-4)8-12(10)13/h6-8,10H,9H2,1-5H3. The van der Waals surface area contributed by atoms with Gasteiger partial charge in [0.1, 0.15) is 0 Å². The number of benzene rings is 1. The molecule has 0 spiro atoms. The van der Waals surface area contributed by atoms with Crippen molar-refractivity contribution in [1.29, 1.82) is 0 Å². The number of fused-ring (bicyclic) bond motifs is 1. The van der Waals surface area contributed by atoms with Crippen molar-refractivity contribution in [3.63, 3.8) is 0 Å². The Hall–Kier alpha value is -1.38. The van der Waals surface area contributed by atoms with Crippen molar-refractivity contribution in [1.82, 2.24) is 0 Å². The molecule has 1 aliphatic rings. The van der Waals surface area contributed by atoms with Gasteiger partial charge in [0.25, 0.3) is 0 Å². The van der Waals surface area contributed by atoms with Crippen molar-refractivity contribution in [2.75, 3.05) is 19.0 Å². The summed E-state index contributed by atoms with van der Waals surface area (Å²) in [6.45, 7) is 6.89. The molecule has 1 atom stereocenters. The second-order valence-electron chi connectivity index (χ2n) is 5.52. The monoisotopic (exact) mass is 231 g/mol. The largest absolute Gasteiger partial charge is 0.369 e. The molecule has 1 unspecified atom stereocenters. The van der Waals surface area contributed by atoms with E-state index in [1.54, 1.807) is 7.05 Å². The molecular weight excluding hydrogens is 210 g/mol. The molecule has 0 bridgehead atoms. The second-order valence-corrected chi connectivity index (χ2v) is 5.52. The molecule has 0 radical (unpaired) electrons. The fourth-order valence-electron chi connectivity index (χ4n) is 2.74. The molecule has 1 aromatic rings. The Balaban J connectivity index is 2.49. The predicted molar refractivity (Wildman–Crippen MR) is 72.4 cm³/mol. The Bertz CT molecular complexity index is 449. The van der Waals surface area contributed by atoms with Gasteiger partial charge in [0.2, 0.25) is 0 Å². The summed E-state index contributed by atoms with van der Waals surface area (Å²) in [4.78, 5) is 2.37. The van der Waals surface area contributed by atoms with Crippen LogP contribution in [0.5, 0.6) is 0 Å². The Morgan fingerprint density at radius 2 is 2.06 bits per heavy atom. The lowest BCUT2D eigenvalue weighted by molar-refractivity contribution is 0.395. The van der Waals surface area contributed by atoms with Crippen molar-refractivity contribution in [2.45, 2.75) is 38.6 Å². The van der Waals surface area contributed by atoms with Crippen LogP contribution in [-0.4, -0.2) is 19.6 Å². The van der Waals surface area contributed by atoms with Crippen molar-refractivity contribution >= 4 is 11.4 Å². The average Bonchev–Trinajstić information content (AvgIpc) is 2.26. The van der Waals surface area contributed by atoms with Crippen LogP contribution >= 0.6 is 0 Å². The Morgan fingerprint density at radius 3 is 2.71 bits per heavy atom. The summed E-state index contributed by atoms with van der Waals surface area (Å²) < 4.78 is 0. The van der Waals surface area contributed by atoms with E-state index in [0.29, 0.717) is 5.92 Å². The van der Waals surface area contributed by atoms with E-state index < -0.39 is 0 Å². The maximum Gasteiger partial charge on any atom is 0.0856 e. The topological polar surface area (TPSA) is 28.0 Å². The third-order valence-electron chi connectivity index (χ3n) is 3.83. The molecule has 3 nitrogen and oxygen atoms in total. The molecule has 0 fully saturated rings. The van der Waals surface area contributed by atoms with Gasteiger partial charge < -0.3 is 4.90 Å². The summed E-state index contributed by atoms with van der Waals surface area (Å²) in [5.41, 5.74) is 3.88. The fourth-order valence-corrected chi connectivity index (χ4v) is 2.74. The number of hydrogen-bond donors (Lipinski definition) is 0.